The van der Waals surface area contributed by atoms with Crippen LogP contribution in [0.15, 0.2) is 12.4 Å². The lowest BCUT2D eigenvalue weighted by Gasteiger charge is -2.31. The number of aryl methyl sites for hydroxylation is 1. The van der Waals surface area contributed by atoms with E-state index >= 15 is 0 Å². The molecule has 1 aromatic heterocycles. The molecule has 2 amide bonds. The van der Waals surface area contributed by atoms with Crippen LogP contribution in [0.5, 0.6) is 0 Å². The second-order valence-corrected chi connectivity index (χ2v) is 8.24. The van der Waals surface area contributed by atoms with Crippen LogP contribution in [0.2, 0.25) is 0 Å². The van der Waals surface area contributed by atoms with Crippen molar-refractivity contribution in [2.75, 3.05) is 13.1 Å². The second kappa shape index (κ2) is 6.77. The van der Waals surface area contributed by atoms with Gasteiger partial charge in [-0.1, -0.05) is 12.8 Å². The van der Waals surface area contributed by atoms with Crippen LogP contribution in [0.3, 0.4) is 0 Å². The summed E-state index contributed by atoms with van der Waals surface area (Å²) in [4.78, 5) is 14.6. The highest BCUT2D eigenvalue weighted by molar-refractivity contribution is 5.74. The molecule has 0 bridgehead atoms. The number of nitrogens with zero attached hydrogens (tertiary/aromatic N) is 3. The van der Waals surface area contributed by atoms with E-state index in [1.54, 1.807) is 0 Å². The van der Waals surface area contributed by atoms with Gasteiger partial charge in [-0.3, -0.25) is 4.68 Å². The largest absolute Gasteiger partial charge is 0.335 e. The molecule has 1 aliphatic heterocycles. The number of urea groups is 1. The van der Waals surface area contributed by atoms with E-state index in [1.165, 1.54) is 44.1 Å². The van der Waals surface area contributed by atoms with Crippen molar-refractivity contribution >= 4 is 6.03 Å². The summed E-state index contributed by atoms with van der Waals surface area (Å²) in [6.45, 7) is 1.79. The van der Waals surface area contributed by atoms with Gasteiger partial charge in [-0.2, -0.15) is 5.10 Å². The summed E-state index contributed by atoms with van der Waals surface area (Å²) in [5.74, 6) is 2.42. The maximum Gasteiger partial charge on any atom is 0.317 e. The molecule has 2 aliphatic carbocycles. The van der Waals surface area contributed by atoms with Crippen LogP contribution in [0.4, 0.5) is 4.79 Å². The average Bonchev–Trinajstić information content (AvgIpc) is 3.19. The van der Waals surface area contributed by atoms with E-state index < -0.39 is 0 Å². The molecule has 2 heterocycles. The number of likely N-dealkylation sites (tertiary alicyclic amines) is 1. The van der Waals surface area contributed by atoms with Crippen LogP contribution in [0.25, 0.3) is 0 Å². The third kappa shape index (κ3) is 3.76. The Kier molecular flexibility index (Phi) is 4.51. The van der Waals surface area contributed by atoms with E-state index in [9.17, 15) is 4.79 Å². The Labute approximate surface area is 144 Å². The monoisotopic (exact) mass is 330 g/mol. The number of hydrogen-bond acceptors (Lipinski definition) is 2. The fourth-order valence-electron chi connectivity index (χ4n) is 4.71. The maximum atomic E-state index is 12.6. The van der Waals surface area contributed by atoms with E-state index in [0.29, 0.717) is 12.0 Å². The number of carbonyl (C=O) groups is 1. The summed E-state index contributed by atoms with van der Waals surface area (Å²) in [7, 11) is 1.96. The Hall–Kier alpha value is -1.52. The number of carbonyl (C=O) groups excluding carboxylic acids is 1. The minimum absolute atomic E-state index is 0.171. The highest BCUT2D eigenvalue weighted by atomic mass is 16.2. The van der Waals surface area contributed by atoms with Crippen LogP contribution in [0.1, 0.15) is 50.5 Å². The minimum Gasteiger partial charge on any atom is -0.335 e. The molecule has 3 fully saturated rings. The summed E-state index contributed by atoms with van der Waals surface area (Å²) >= 11 is 0. The van der Waals surface area contributed by atoms with Gasteiger partial charge in [-0.05, 0) is 61.8 Å². The molecule has 0 radical (unpaired) electrons. The van der Waals surface area contributed by atoms with Gasteiger partial charge in [0.1, 0.15) is 0 Å². The fraction of sp³-hybridized carbons (Fsp3) is 0.789. The molecule has 3 aliphatic rings. The molecule has 5 heteroatoms. The van der Waals surface area contributed by atoms with E-state index in [4.69, 9.17) is 0 Å². The molecule has 24 heavy (non-hydrogen) atoms. The van der Waals surface area contributed by atoms with Crippen LogP contribution < -0.4 is 5.32 Å². The van der Waals surface area contributed by atoms with E-state index in [0.717, 1.165) is 37.8 Å². The van der Waals surface area contributed by atoms with Crippen molar-refractivity contribution in [3.05, 3.63) is 18.0 Å². The first-order valence-electron chi connectivity index (χ1n) is 9.70. The van der Waals surface area contributed by atoms with Crippen molar-refractivity contribution in [2.24, 2.45) is 24.8 Å². The van der Waals surface area contributed by atoms with E-state index in [-0.39, 0.29) is 6.03 Å². The van der Waals surface area contributed by atoms with Crippen LogP contribution in [0, 0.1) is 17.8 Å². The first-order chi connectivity index (χ1) is 11.7. The molecule has 1 aromatic rings. The lowest BCUT2D eigenvalue weighted by Crippen LogP contribution is -2.45. The molecule has 5 nitrogen and oxygen atoms in total. The van der Waals surface area contributed by atoms with Crippen molar-refractivity contribution in [3.8, 4) is 0 Å². The van der Waals surface area contributed by atoms with Gasteiger partial charge in [0.15, 0.2) is 0 Å². The van der Waals surface area contributed by atoms with Gasteiger partial charge in [0.2, 0.25) is 0 Å². The normalized spacial score (nSPS) is 30.5. The van der Waals surface area contributed by atoms with Crippen LogP contribution in [-0.2, 0) is 13.5 Å². The zero-order valence-electron chi connectivity index (χ0n) is 14.8. The highest BCUT2D eigenvalue weighted by Crippen LogP contribution is 2.43. The second-order valence-electron chi connectivity index (χ2n) is 8.24. The molecule has 4 rings (SSSR count). The Bertz CT molecular complexity index is 580. The van der Waals surface area contributed by atoms with Crippen molar-refractivity contribution in [1.82, 2.24) is 20.0 Å². The van der Waals surface area contributed by atoms with Gasteiger partial charge >= 0.3 is 6.03 Å². The Morgan fingerprint density at radius 1 is 1.25 bits per heavy atom. The molecule has 0 aromatic carbocycles. The number of nitrogens with one attached hydrogen (secondary N) is 1. The molecule has 1 saturated heterocycles. The SMILES string of the molecule is Cn1cc(C[C@@H]2CCN(C(=O)N[C@H]3CCC[C@H](C4CC4)C3)C2)cn1. The maximum absolute atomic E-state index is 12.6. The van der Waals surface area contributed by atoms with Crippen molar-refractivity contribution in [1.29, 1.82) is 0 Å². The van der Waals surface area contributed by atoms with Crippen molar-refractivity contribution in [3.63, 3.8) is 0 Å². The van der Waals surface area contributed by atoms with Gasteiger partial charge < -0.3 is 10.2 Å². The lowest BCUT2D eigenvalue weighted by molar-refractivity contribution is 0.191. The first kappa shape index (κ1) is 16.0. The molecule has 1 N–H and O–H groups in total. The quantitative estimate of drug-likeness (QED) is 0.923. The third-order valence-electron chi connectivity index (χ3n) is 6.19. The Balaban J connectivity index is 1.24. The van der Waals surface area contributed by atoms with Gasteiger partial charge in [0.05, 0.1) is 6.20 Å². The predicted octanol–water partition coefficient (Wildman–Crippen LogP) is 2.96. The molecule has 132 valence electrons. The number of amides is 2. The predicted molar refractivity (Wildman–Crippen MR) is 93.6 cm³/mol. The van der Waals surface area contributed by atoms with Gasteiger partial charge in [0.25, 0.3) is 0 Å². The van der Waals surface area contributed by atoms with Gasteiger partial charge in [-0.15, -0.1) is 0 Å². The smallest absolute Gasteiger partial charge is 0.317 e. The molecule has 0 unspecified atom stereocenters. The van der Waals surface area contributed by atoms with E-state index in [1.807, 2.05) is 22.8 Å². The average molecular weight is 330 g/mol. The summed E-state index contributed by atoms with van der Waals surface area (Å²) in [6, 6.07) is 0.583. The lowest BCUT2D eigenvalue weighted by atomic mass is 9.83. The standard InChI is InChI=1S/C19H30N4O/c1-22-12-15(11-20-22)9-14-7-8-23(13-14)19(24)21-18-4-2-3-17(10-18)16-5-6-16/h11-12,14,16-18H,2-10,13H2,1H3,(H,21,24)/t14-,17-,18-/m0/s1. The molecular weight excluding hydrogens is 300 g/mol. The molecule has 2 saturated carbocycles. The molecule has 3 atom stereocenters. The van der Waals surface area contributed by atoms with Crippen molar-refractivity contribution in [2.45, 2.75) is 57.4 Å². The summed E-state index contributed by atoms with van der Waals surface area (Å²) in [5, 5.41) is 7.57. The van der Waals surface area contributed by atoms with Crippen LogP contribution >= 0.6 is 0 Å². The van der Waals surface area contributed by atoms with Crippen molar-refractivity contribution < 1.29 is 4.79 Å². The minimum atomic E-state index is 0.171. The van der Waals surface area contributed by atoms with Gasteiger partial charge in [0, 0.05) is 32.4 Å². The van der Waals surface area contributed by atoms with Crippen LogP contribution in [-0.4, -0.2) is 39.8 Å². The Morgan fingerprint density at radius 3 is 2.88 bits per heavy atom. The van der Waals surface area contributed by atoms with E-state index in [2.05, 4.69) is 16.6 Å². The zero-order chi connectivity index (χ0) is 16.5. The number of rotatable bonds is 4. The molecular formula is C19H30N4O. The summed E-state index contributed by atoms with van der Waals surface area (Å²) < 4.78 is 1.86. The number of aromatic nitrogens is 2. The third-order valence-corrected chi connectivity index (χ3v) is 6.19. The topological polar surface area (TPSA) is 50.2 Å². The zero-order valence-corrected chi connectivity index (χ0v) is 14.8. The summed E-state index contributed by atoms with van der Waals surface area (Å²) in [5.41, 5.74) is 1.28. The first-order valence-corrected chi connectivity index (χ1v) is 9.70. The highest BCUT2D eigenvalue weighted by Gasteiger charge is 2.36. The Morgan fingerprint density at radius 2 is 2.12 bits per heavy atom. The molecule has 0 spiro atoms. The fourth-order valence-corrected chi connectivity index (χ4v) is 4.71. The summed E-state index contributed by atoms with van der Waals surface area (Å²) in [6.07, 6.45) is 14.1. The van der Waals surface area contributed by atoms with Gasteiger partial charge in [-0.25, -0.2) is 4.79 Å². The number of hydrogen-bond donors (Lipinski definition) is 1.